The van der Waals surface area contributed by atoms with E-state index in [1.807, 2.05) is 44.2 Å². The van der Waals surface area contributed by atoms with Crippen molar-refractivity contribution in [1.29, 1.82) is 0 Å². The van der Waals surface area contributed by atoms with Crippen molar-refractivity contribution in [2.45, 2.75) is 26.7 Å². The molecule has 0 heterocycles. The molecule has 0 aliphatic rings. The summed E-state index contributed by atoms with van der Waals surface area (Å²) in [5, 5.41) is 3.60. The van der Waals surface area contributed by atoms with Gasteiger partial charge < -0.3 is 14.8 Å². The van der Waals surface area contributed by atoms with E-state index >= 15 is 0 Å². The van der Waals surface area contributed by atoms with E-state index in [1.54, 1.807) is 7.11 Å². The zero-order chi connectivity index (χ0) is 18.2. The number of hydrogen-bond acceptors (Lipinski definition) is 3. The SMILES string of the molecule is COc1cccc(CCCNC(=O)COc2cc(C)c(Cl)c(C)c2)c1. The fraction of sp³-hybridized carbons (Fsp3) is 0.350. The van der Waals surface area contributed by atoms with Crippen molar-refractivity contribution in [2.75, 3.05) is 20.3 Å². The van der Waals surface area contributed by atoms with Gasteiger partial charge in [0.25, 0.3) is 5.91 Å². The van der Waals surface area contributed by atoms with E-state index in [-0.39, 0.29) is 12.5 Å². The summed E-state index contributed by atoms with van der Waals surface area (Å²) in [6.07, 6.45) is 1.74. The molecule has 2 rings (SSSR count). The third-order valence-electron chi connectivity index (χ3n) is 3.88. The quantitative estimate of drug-likeness (QED) is 0.720. The van der Waals surface area contributed by atoms with Gasteiger partial charge in [0.2, 0.25) is 0 Å². The fourth-order valence-corrected chi connectivity index (χ4v) is 2.65. The number of aryl methyl sites for hydroxylation is 3. The first-order valence-electron chi connectivity index (χ1n) is 8.29. The molecular formula is C20H24ClNO3. The van der Waals surface area contributed by atoms with Crippen LogP contribution in [-0.4, -0.2) is 26.2 Å². The maximum absolute atomic E-state index is 11.9. The van der Waals surface area contributed by atoms with Crippen LogP contribution in [0.15, 0.2) is 36.4 Å². The topological polar surface area (TPSA) is 47.6 Å². The highest BCUT2D eigenvalue weighted by Gasteiger charge is 2.06. The summed E-state index contributed by atoms with van der Waals surface area (Å²) in [6, 6.07) is 11.6. The van der Waals surface area contributed by atoms with Crippen LogP contribution in [0.2, 0.25) is 5.02 Å². The summed E-state index contributed by atoms with van der Waals surface area (Å²) in [4.78, 5) is 11.9. The van der Waals surface area contributed by atoms with Crippen LogP contribution in [0, 0.1) is 13.8 Å². The molecule has 0 saturated carbocycles. The Balaban J connectivity index is 1.70. The molecule has 2 aromatic carbocycles. The summed E-state index contributed by atoms with van der Waals surface area (Å²) in [7, 11) is 1.66. The van der Waals surface area contributed by atoms with Gasteiger partial charge in [-0.3, -0.25) is 4.79 Å². The minimum Gasteiger partial charge on any atom is -0.497 e. The van der Waals surface area contributed by atoms with Gasteiger partial charge in [0, 0.05) is 11.6 Å². The number of amides is 1. The standard InChI is InChI=1S/C20H24ClNO3/c1-14-10-18(11-15(2)20(14)21)25-13-19(23)22-9-5-7-16-6-4-8-17(12-16)24-3/h4,6,8,10-12H,5,7,9,13H2,1-3H3,(H,22,23). The van der Waals surface area contributed by atoms with Gasteiger partial charge in [0.05, 0.1) is 7.11 Å². The van der Waals surface area contributed by atoms with Crippen molar-refractivity contribution in [3.63, 3.8) is 0 Å². The number of carbonyl (C=O) groups excluding carboxylic acids is 1. The lowest BCUT2D eigenvalue weighted by Gasteiger charge is -2.10. The predicted octanol–water partition coefficient (Wildman–Crippen LogP) is 4.09. The Morgan fingerprint density at radius 2 is 1.84 bits per heavy atom. The molecule has 0 aliphatic carbocycles. The first kappa shape index (κ1) is 19.1. The van der Waals surface area contributed by atoms with E-state index in [9.17, 15) is 4.79 Å². The molecule has 2 aromatic rings. The Morgan fingerprint density at radius 1 is 1.12 bits per heavy atom. The minimum atomic E-state index is -0.129. The summed E-state index contributed by atoms with van der Waals surface area (Å²) < 4.78 is 10.7. The molecule has 0 bridgehead atoms. The maximum Gasteiger partial charge on any atom is 0.257 e. The summed E-state index contributed by atoms with van der Waals surface area (Å²) >= 11 is 6.12. The molecule has 134 valence electrons. The van der Waals surface area contributed by atoms with Gasteiger partial charge in [-0.2, -0.15) is 0 Å². The molecule has 5 heteroatoms. The van der Waals surface area contributed by atoms with Gasteiger partial charge in [-0.25, -0.2) is 0 Å². The monoisotopic (exact) mass is 361 g/mol. The number of methoxy groups -OCH3 is 1. The van der Waals surface area contributed by atoms with Crippen molar-refractivity contribution in [1.82, 2.24) is 5.32 Å². The van der Waals surface area contributed by atoms with Crippen LogP contribution in [0.4, 0.5) is 0 Å². The maximum atomic E-state index is 11.9. The summed E-state index contributed by atoms with van der Waals surface area (Å²) in [5.41, 5.74) is 3.07. The molecule has 0 atom stereocenters. The van der Waals surface area contributed by atoms with Crippen molar-refractivity contribution >= 4 is 17.5 Å². The van der Waals surface area contributed by atoms with Gasteiger partial charge in [-0.05, 0) is 67.6 Å². The second-order valence-corrected chi connectivity index (χ2v) is 6.34. The highest BCUT2D eigenvalue weighted by molar-refractivity contribution is 6.32. The molecule has 0 aliphatic heterocycles. The summed E-state index contributed by atoms with van der Waals surface area (Å²) in [6.45, 7) is 4.44. The number of nitrogens with one attached hydrogen (secondary N) is 1. The normalized spacial score (nSPS) is 10.4. The predicted molar refractivity (Wildman–Crippen MR) is 101 cm³/mol. The molecule has 1 N–H and O–H groups in total. The molecule has 0 fully saturated rings. The van der Waals surface area contributed by atoms with E-state index in [4.69, 9.17) is 21.1 Å². The first-order chi connectivity index (χ1) is 12.0. The molecule has 0 saturated heterocycles. The highest BCUT2D eigenvalue weighted by atomic mass is 35.5. The largest absolute Gasteiger partial charge is 0.497 e. The average molecular weight is 362 g/mol. The lowest BCUT2D eigenvalue weighted by atomic mass is 10.1. The van der Waals surface area contributed by atoms with Gasteiger partial charge in [-0.1, -0.05) is 23.7 Å². The second-order valence-electron chi connectivity index (χ2n) is 5.96. The third-order valence-corrected chi connectivity index (χ3v) is 4.47. The number of halogens is 1. The molecule has 0 unspecified atom stereocenters. The zero-order valence-corrected chi connectivity index (χ0v) is 15.7. The third kappa shape index (κ3) is 5.98. The van der Waals surface area contributed by atoms with Crippen molar-refractivity contribution in [3.05, 3.63) is 58.1 Å². The number of rotatable bonds is 8. The van der Waals surface area contributed by atoms with Crippen LogP contribution in [-0.2, 0) is 11.2 Å². The van der Waals surface area contributed by atoms with Crippen LogP contribution >= 0.6 is 11.6 Å². The van der Waals surface area contributed by atoms with Crippen molar-refractivity contribution in [3.8, 4) is 11.5 Å². The van der Waals surface area contributed by atoms with E-state index in [0.29, 0.717) is 12.3 Å². The smallest absolute Gasteiger partial charge is 0.257 e. The Bertz CT molecular complexity index is 708. The molecule has 0 aromatic heterocycles. The average Bonchev–Trinajstić information content (AvgIpc) is 2.61. The molecule has 1 amide bonds. The fourth-order valence-electron chi connectivity index (χ4n) is 2.54. The van der Waals surface area contributed by atoms with Crippen LogP contribution < -0.4 is 14.8 Å². The Morgan fingerprint density at radius 3 is 2.52 bits per heavy atom. The number of hydrogen-bond donors (Lipinski definition) is 1. The molecule has 0 radical (unpaired) electrons. The number of ether oxygens (including phenoxy) is 2. The Hall–Kier alpha value is -2.20. The number of benzene rings is 2. The van der Waals surface area contributed by atoms with Crippen molar-refractivity contribution in [2.24, 2.45) is 0 Å². The zero-order valence-electron chi connectivity index (χ0n) is 14.9. The molecule has 0 spiro atoms. The van der Waals surface area contributed by atoms with E-state index in [1.165, 1.54) is 5.56 Å². The molecular weight excluding hydrogens is 338 g/mol. The van der Waals surface area contributed by atoms with Gasteiger partial charge in [0.15, 0.2) is 6.61 Å². The van der Waals surface area contributed by atoms with Gasteiger partial charge >= 0.3 is 0 Å². The van der Waals surface area contributed by atoms with Crippen molar-refractivity contribution < 1.29 is 14.3 Å². The Kier molecular flexibility index (Phi) is 7.14. The van der Waals surface area contributed by atoms with E-state index in [2.05, 4.69) is 11.4 Å². The first-order valence-corrected chi connectivity index (χ1v) is 8.66. The van der Waals surface area contributed by atoms with Crippen LogP contribution in [0.25, 0.3) is 0 Å². The summed E-state index contributed by atoms with van der Waals surface area (Å²) in [5.74, 6) is 1.38. The lowest BCUT2D eigenvalue weighted by Crippen LogP contribution is -2.29. The lowest BCUT2D eigenvalue weighted by molar-refractivity contribution is -0.123. The molecule has 4 nitrogen and oxygen atoms in total. The highest BCUT2D eigenvalue weighted by Crippen LogP contribution is 2.25. The van der Waals surface area contributed by atoms with Crippen LogP contribution in [0.1, 0.15) is 23.1 Å². The van der Waals surface area contributed by atoms with E-state index < -0.39 is 0 Å². The number of carbonyl (C=O) groups is 1. The van der Waals surface area contributed by atoms with Gasteiger partial charge in [0.1, 0.15) is 11.5 Å². The Labute approximate surface area is 154 Å². The van der Waals surface area contributed by atoms with E-state index in [0.717, 1.165) is 34.7 Å². The van der Waals surface area contributed by atoms with Crippen LogP contribution in [0.3, 0.4) is 0 Å². The molecule has 25 heavy (non-hydrogen) atoms. The van der Waals surface area contributed by atoms with Gasteiger partial charge in [-0.15, -0.1) is 0 Å². The second kappa shape index (κ2) is 9.33. The van der Waals surface area contributed by atoms with Crippen LogP contribution in [0.5, 0.6) is 11.5 Å². The minimum absolute atomic E-state index is 0.000325.